The van der Waals surface area contributed by atoms with E-state index in [0.29, 0.717) is 0 Å². The van der Waals surface area contributed by atoms with Gasteiger partial charge in [0.2, 0.25) is 0 Å². The average molecular weight is 690 g/mol. The van der Waals surface area contributed by atoms with Crippen LogP contribution in [-0.2, 0) is 25.0 Å². The maximum absolute atomic E-state index is 6.20. The molecular formula is C32H34Cl2O2P2Pd. The van der Waals surface area contributed by atoms with Crippen LogP contribution in [0.5, 0.6) is 0 Å². The van der Waals surface area contributed by atoms with E-state index < -0.39 is 16.3 Å². The molecule has 0 spiro atoms. The van der Waals surface area contributed by atoms with Crippen LogP contribution in [0, 0.1) is 11.8 Å². The summed E-state index contributed by atoms with van der Waals surface area (Å²) in [6.07, 6.45) is 5.36. The Balaban J connectivity index is 0.000000165. The van der Waals surface area contributed by atoms with Crippen molar-refractivity contribution in [3.63, 3.8) is 0 Å². The predicted molar refractivity (Wildman–Crippen MR) is 167 cm³/mol. The van der Waals surface area contributed by atoms with E-state index >= 15 is 0 Å². The maximum Gasteiger partial charge on any atom is 0.0917 e. The first-order valence-electron chi connectivity index (χ1n) is 13.2. The Morgan fingerprint density at radius 3 is 0.923 bits per heavy atom. The topological polar surface area (TPSA) is 18.5 Å². The summed E-state index contributed by atoms with van der Waals surface area (Å²) < 4.78 is 12.4. The molecule has 0 N–H and O–H groups in total. The van der Waals surface area contributed by atoms with Gasteiger partial charge in [-0.05, 0) is 37.5 Å². The van der Waals surface area contributed by atoms with Gasteiger partial charge < -0.3 is 9.05 Å². The second-order valence-electron chi connectivity index (χ2n) is 9.45. The van der Waals surface area contributed by atoms with Gasteiger partial charge in [0.25, 0.3) is 0 Å². The molecule has 4 aromatic rings. The molecule has 0 radical (unpaired) electrons. The SMILES string of the molecule is [Cl][Pd][Cl].c1ccc(P(OCC2CC2)c2ccccc2)cc1.c1ccc(P(OCC2CC2)c2ccccc2)cc1. The first kappa shape index (κ1) is 30.9. The Labute approximate surface area is 252 Å². The van der Waals surface area contributed by atoms with Crippen LogP contribution >= 0.6 is 35.4 Å². The molecule has 39 heavy (non-hydrogen) atoms. The van der Waals surface area contributed by atoms with Gasteiger partial charge in [0.1, 0.15) is 0 Å². The quantitative estimate of drug-likeness (QED) is 0.123. The van der Waals surface area contributed by atoms with Crippen LogP contribution in [-0.4, -0.2) is 13.2 Å². The van der Waals surface area contributed by atoms with Gasteiger partial charge in [0.05, 0.1) is 29.5 Å². The van der Waals surface area contributed by atoms with E-state index in [9.17, 15) is 0 Å². The monoisotopic (exact) mass is 688 g/mol. The largest absolute Gasteiger partial charge is 0.349 e. The molecule has 4 aromatic carbocycles. The molecule has 2 aliphatic carbocycles. The van der Waals surface area contributed by atoms with Gasteiger partial charge in [0, 0.05) is 21.2 Å². The first-order valence-corrected chi connectivity index (χ1v) is 19.7. The van der Waals surface area contributed by atoms with E-state index in [1.807, 2.05) is 0 Å². The Morgan fingerprint density at radius 1 is 0.487 bits per heavy atom. The van der Waals surface area contributed by atoms with Crippen LogP contribution in [0.15, 0.2) is 121 Å². The van der Waals surface area contributed by atoms with E-state index in [1.165, 1.54) is 46.9 Å². The molecule has 2 aliphatic rings. The van der Waals surface area contributed by atoms with Crippen molar-refractivity contribution < 1.29 is 25.0 Å². The van der Waals surface area contributed by atoms with Gasteiger partial charge in [-0.15, -0.1) is 0 Å². The molecule has 0 unspecified atom stereocenters. The summed E-state index contributed by atoms with van der Waals surface area (Å²) >= 11 is -0.106. The van der Waals surface area contributed by atoms with E-state index in [1.54, 1.807) is 0 Å². The molecular weight excluding hydrogens is 656 g/mol. The minimum Gasteiger partial charge on any atom is -0.349 e. The van der Waals surface area contributed by atoms with Gasteiger partial charge in [0.15, 0.2) is 0 Å². The first-order chi connectivity index (χ1) is 19.3. The second-order valence-corrected chi connectivity index (χ2v) is 15.6. The Hall–Kier alpha value is -1.10. The van der Waals surface area contributed by atoms with E-state index in [0.717, 1.165) is 25.0 Å². The molecule has 0 saturated heterocycles. The minimum atomic E-state index is -0.643. The molecule has 0 amide bonds. The fourth-order valence-corrected chi connectivity index (χ4v) is 7.46. The molecule has 0 aliphatic heterocycles. The molecule has 2 saturated carbocycles. The van der Waals surface area contributed by atoms with Crippen LogP contribution in [0.3, 0.4) is 0 Å². The van der Waals surface area contributed by atoms with Crippen molar-refractivity contribution in [3.05, 3.63) is 121 Å². The van der Waals surface area contributed by atoms with Gasteiger partial charge >= 0.3 is 35.0 Å². The maximum atomic E-state index is 6.20. The molecule has 0 aromatic heterocycles. The zero-order chi connectivity index (χ0) is 27.1. The third-order valence-corrected chi connectivity index (χ3v) is 10.1. The summed E-state index contributed by atoms with van der Waals surface area (Å²) in [7, 11) is 8.34. The van der Waals surface area contributed by atoms with E-state index in [4.69, 9.17) is 28.1 Å². The van der Waals surface area contributed by atoms with Crippen molar-refractivity contribution >= 4 is 56.6 Å². The third-order valence-electron chi connectivity index (χ3n) is 6.24. The fraction of sp³-hybridized carbons (Fsp3) is 0.250. The number of halogens is 2. The summed E-state index contributed by atoms with van der Waals surface area (Å²) in [5.41, 5.74) is 0. The molecule has 0 heterocycles. The molecule has 0 bridgehead atoms. The second kappa shape index (κ2) is 17.7. The fourth-order valence-electron chi connectivity index (χ4n) is 3.78. The van der Waals surface area contributed by atoms with Crippen molar-refractivity contribution in [2.75, 3.05) is 13.2 Å². The molecule has 2 fully saturated rings. The van der Waals surface area contributed by atoms with Gasteiger partial charge in [-0.25, -0.2) is 0 Å². The zero-order valence-electron chi connectivity index (χ0n) is 21.7. The zero-order valence-corrected chi connectivity index (χ0v) is 26.6. The summed E-state index contributed by atoms with van der Waals surface area (Å²) in [5, 5.41) is 5.22. The minimum absolute atomic E-state index is 0.106. The van der Waals surface area contributed by atoms with Gasteiger partial charge in [-0.1, -0.05) is 121 Å². The summed E-state index contributed by atoms with van der Waals surface area (Å²) in [5.74, 6) is 1.62. The molecule has 7 heteroatoms. The Morgan fingerprint density at radius 2 is 0.718 bits per heavy atom. The number of hydrogen-bond acceptors (Lipinski definition) is 2. The van der Waals surface area contributed by atoms with Crippen LogP contribution in [0.25, 0.3) is 0 Å². The van der Waals surface area contributed by atoms with Crippen LogP contribution in [0.4, 0.5) is 0 Å². The smallest absolute Gasteiger partial charge is 0.0917 e. The van der Waals surface area contributed by atoms with Crippen LogP contribution < -0.4 is 21.2 Å². The van der Waals surface area contributed by atoms with E-state index in [-0.39, 0.29) is 15.9 Å². The summed E-state index contributed by atoms with van der Waals surface area (Å²) in [6, 6.07) is 42.3. The molecule has 6 rings (SSSR count). The Bertz CT molecular complexity index is 1010. The van der Waals surface area contributed by atoms with Gasteiger partial charge in [-0.2, -0.15) is 0 Å². The Kier molecular flexibility index (Phi) is 14.0. The predicted octanol–water partition coefficient (Wildman–Crippen LogP) is 8.30. The van der Waals surface area contributed by atoms with E-state index in [2.05, 4.69) is 121 Å². The van der Waals surface area contributed by atoms with Crippen molar-refractivity contribution in [2.45, 2.75) is 25.7 Å². The normalized spacial score (nSPS) is 14.4. The van der Waals surface area contributed by atoms with Gasteiger partial charge in [-0.3, -0.25) is 0 Å². The third kappa shape index (κ3) is 11.4. The van der Waals surface area contributed by atoms with Crippen molar-refractivity contribution in [3.8, 4) is 0 Å². The number of rotatable bonds is 10. The molecule has 2 nitrogen and oxygen atoms in total. The summed E-state index contributed by atoms with van der Waals surface area (Å²) in [4.78, 5) is 0. The van der Waals surface area contributed by atoms with Crippen molar-refractivity contribution in [1.82, 2.24) is 0 Å². The standard InChI is InChI=1S/2C16H17OP.2ClH.Pd/c2*1-3-7-15(8-4-1)18(17-13-14-11-12-14)16-9-5-2-6-10-16;;;/h2*1-10,14H,11-13H2;2*1H;/q;;;;+2/p-2. The van der Waals surface area contributed by atoms with Crippen molar-refractivity contribution in [2.24, 2.45) is 11.8 Å². The number of hydrogen-bond donors (Lipinski definition) is 0. The van der Waals surface area contributed by atoms with Crippen LogP contribution in [0.1, 0.15) is 25.7 Å². The molecule has 208 valence electrons. The molecule has 0 atom stereocenters. The van der Waals surface area contributed by atoms with Crippen molar-refractivity contribution in [1.29, 1.82) is 0 Å². The van der Waals surface area contributed by atoms with Crippen LogP contribution in [0.2, 0.25) is 0 Å². The average Bonchev–Trinajstić information content (AvgIpc) is 3.93. The summed E-state index contributed by atoms with van der Waals surface area (Å²) in [6.45, 7) is 1.82. The number of benzene rings is 4.